The van der Waals surface area contributed by atoms with Gasteiger partial charge in [0.05, 0.1) is 17.3 Å². The predicted molar refractivity (Wildman–Crippen MR) is 47.2 cm³/mol. The fourth-order valence-electron chi connectivity index (χ4n) is 1.02. The second kappa shape index (κ2) is 3.24. The van der Waals surface area contributed by atoms with Crippen molar-refractivity contribution in [2.75, 3.05) is 0 Å². The minimum Gasteiger partial charge on any atom is -0.240 e. The van der Waals surface area contributed by atoms with Crippen LogP contribution in [0.4, 0.5) is 0 Å². The summed E-state index contributed by atoms with van der Waals surface area (Å²) in [6, 6.07) is 7.70. The molecular weight excluding hydrogens is 174 g/mol. The van der Waals surface area contributed by atoms with E-state index in [-0.39, 0.29) is 12.4 Å². The maximum absolute atomic E-state index is 8.62. The van der Waals surface area contributed by atoms with Gasteiger partial charge in [0, 0.05) is 6.20 Å². The predicted octanol–water partition coefficient (Wildman–Crippen LogP) is 1.63. The molecular formula is C8H6ClN3. The van der Waals surface area contributed by atoms with Crippen LogP contribution in [0.15, 0.2) is 30.6 Å². The van der Waals surface area contributed by atoms with Gasteiger partial charge >= 0.3 is 0 Å². The Bertz CT molecular complexity index is 427. The van der Waals surface area contributed by atoms with Gasteiger partial charge < -0.3 is 0 Å². The molecule has 0 N–H and O–H groups in total. The molecule has 0 bridgehead atoms. The summed E-state index contributed by atoms with van der Waals surface area (Å²) in [5.74, 6) is 0. The zero-order valence-electron chi connectivity index (χ0n) is 6.14. The Balaban J connectivity index is 0.000000720. The number of nitrogens with zero attached hydrogens (tertiary/aromatic N) is 3. The molecule has 60 valence electrons. The fraction of sp³-hybridized carbons (Fsp3) is 0. The molecule has 0 aliphatic carbocycles. The van der Waals surface area contributed by atoms with Crippen LogP contribution in [0.2, 0.25) is 0 Å². The number of pyridine rings is 1. The molecule has 0 aromatic carbocycles. The Labute approximate surface area is 75.6 Å². The topological polar surface area (TPSA) is 41.1 Å². The summed E-state index contributed by atoms with van der Waals surface area (Å²) in [6.45, 7) is 0. The highest BCUT2D eigenvalue weighted by atomic mass is 35.5. The molecule has 0 aliphatic rings. The van der Waals surface area contributed by atoms with E-state index in [0.717, 1.165) is 5.52 Å². The molecule has 0 spiro atoms. The lowest BCUT2D eigenvalue weighted by molar-refractivity contribution is 0.961. The molecule has 2 rings (SSSR count). The Kier molecular flexibility index (Phi) is 2.32. The highest BCUT2D eigenvalue weighted by Gasteiger charge is 1.98. The molecule has 4 heteroatoms. The van der Waals surface area contributed by atoms with Crippen LogP contribution in [0.1, 0.15) is 5.56 Å². The van der Waals surface area contributed by atoms with Crippen molar-refractivity contribution in [1.29, 1.82) is 5.26 Å². The summed E-state index contributed by atoms with van der Waals surface area (Å²) < 4.78 is 1.68. The summed E-state index contributed by atoms with van der Waals surface area (Å²) in [4.78, 5) is 0. The van der Waals surface area contributed by atoms with Crippen LogP contribution in [0.3, 0.4) is 0 Å². The molecule has 0 amide bonds. The van der Waals surface area contributed by atoms with Gasteiger partial charge in [0.2, 0.25) is 0 Å². The Hall–Kier alpha value is -1.53. The standard InChI is InChI=1S/C8H5N3.ClH/c9-5-7-6-10-11-4-2-1-3-8(7)11;/h1-4,6H;1H. The lowest BCUT2D eigenvalue weighted by Crippen LogP contribution is -1.82. The summed E-state index contributed by atoms with van der Waals surface area (Å²) in [7, 11) is 0. The lowest BCUT2D eigenvalue weighted by Gasteiger charge is -1.88. The molecule has 0 fully saturated rings. The van der Waals surface area contributed by atoms with Crippen LogP contribution in [0, 0.1) is 11.3 Å². The maximum atomic E-state index is 8.62. The first-order valence-electron chi connectivity index (χ1n) is 3.24. The van der Waals surface area contributed by atoms with E-state index in [1.165, 1.54) is 0 Å². The monoisotopic (exact) mass is 179 g/mol. The van der Waals surface area contributed by atoms with E-state index in [1.54, 1.807) is 10.7 Å². The Morgan fingerprint density at radius 3 is 3.00 bits per heavy atom. The number of fused-ring (bicyclic) bond motifs is 1. The molecule has 2 aromatic heterocycles. The van der Waals surface area contributed by atoms with Crippen molar-refractivity contribution in [3.05, 3.63) is 36.2 Å². The third-order valence-electron chi connectivity index (χ3n) is 1.55. The van der Waals surface area contributed by atoms with Crippen molar-refractivity contribution >= 4 is 17.9 Å². The minimum atomic E-state index is 0. The average molecular weight is 180 g/mol. The van der Waals surface area contributed by atoms with Crippen LogP contribution < -0.4 is 0 Å². The van der Waals surface area contributed by atoms with E-state index < -0.39 is 0 Å². The van der Waals surface area contributed by atoms with E-state index in [4.69, 9.17) is 5.26 Å². The molecule has 0 saturated heterocycles. The molecule has 0 saturated carbocycles. The van der Waals surface area contributed by atoms with Crippen LogP contribution in [0.25, 0.3) is 5.52 Å². The van der Waals surface area contributed by atoms with Crippen molar-refractivity contribution in [3.8, 4) is 6.07 Å². The highest BCUT2D eigenvalue weighted by molar-refractivity contribution is 5.85. The largest absolute Gasteiger partial charge is 0.240 e. The molecule has 0 aliphatic heterocycles. The number of hydrogen-bond acceptors (Lipinski definition) is 2. The molecule has 0 radical (unpaired) electrons. The SMILES string of the molecule is Cl.N#Cc1cnn2ccccc12. The van der Waals surface area contributed by atoms with E-state index in [1.807, 2.05) is 24.4 Å². The van der Waals surface area contributed by atoms with Gasteiger partial charge in [-0.2, -0.15) is 10.4 Å². The first-order chi connectivity index (χ1) is 5.42. The minimum absolute atomic E-state index is 0. The van der Waals surface area contributed by atoms with Crippen molar-refractivity contribution in [3.63, 3.8) is 0 Å². The second-order valence-electron chi connectivity index (χ2n) is 2.20. The van der Waals surface area contributed by atoms with E-state index in [2.05, 4.69) is 11.2 Å². The van der Waals surface area contributed by atoms with E-state index in [0.29, 0.717) is 5.56 Å². The zero-order valence-corrected chi connectivity index (χ0v) is 6.95. The molecule has 2 aromatic rings. The number of hydrogen-bond donors (Lipinski definition) is 0. The van der Waals surface area contributed by atoms with Gasteiger partial charge in [-0.25, -0.2) is 4.52 Å². The van der Waals surface area contributed by atoms with Gasteiger partial charge in [-0.05, 0) is 12.1 Å². The first kappa shape index (κ1) is 8.57. The van der Waals surface area contributed by atoms with Crippen LogP contribution in [-0.2, 0) is 0 Å². The number of aromatic nitrogens is 2. The third kappa shape index (κ3) is 1.13. The van der Waals surface area contributed by atoms with Crippen molar-refractivity contribution in [1.82, 2.24) is 9.61 Å². The number of nitriles is 1. The molecule has 0 atom stereocenters. The summed E-state index contributed by atoms with van der Waals surface area (Å²) >= 11 is 0. The van der Waals surface area contributed by atoms with Crippen LogP contribution in [0.5, 0.6) is 0 Å². The Morgan fingerprint density at radius 1 is 1.42 bits per heavy atom. The zero-order chi connectivity index (χ0) is 7.68. The average Bonchev–Trinajstić information content (AvgIpc) is 2.47. The van der Waals surface area contributed by atoms with E-state index in [9.17, 15) is 0 Å². The van der Waals surface area contributed by atoms with Crippen LogP contribution >= 0.6 is 12.4 Å². The van der Waals surface area contributed by atoms with Gasteiger partial charge in [0.15, 0.2) is 0 Å². The maximum Gasteiger partial charge on any atom is 0.103 e. The summed E-state index contributed by atoms with van der Waals surface area (Å²) in [5, 5.41) is 12.6. The normalized spacial score (nSPS) is 8.92. The third-order valence-corrected chi connectivity index (χ3v) is 1.55. The molecule has 3 nitrogen and oxygen atoms in total. The second-order valence-corrected chi connectivity index (χ2v) is 2.20. The van der Waals surface area contributed by atoms with Crippen molar-refractivity contribution in [2.24, 2.45) is 0 Å². The van der Waals surface area contributed by atoms with Crippen LogP contribution in [-0.4, -0.2) is 9.61 Å². The number of rotatable bonds is 0. The van der Waals surface area contributed by atoms with Gasteiger partial charge in [-0.1, -0.05) is 6.07 Å². The number of halogens is 1. The van der Waals surface area contributed by atoms with Gasteiger partial charge in [0.1, 0.15) is 6.07 Å². The van der Waals surface area contributed by atoms with Gasteiger partial charge in [0.25, 0.3) is 0 Å². The molecule has 2 heterocycles. The lowest BCUT2D eigenvalue weighted by atomic mass is 10.3. The molecule has 0 unspecified atom stereocenters. The quantitative estimate of drug-likeness (QED) is 0.617. The molecule has 12 heavy (non-hydrogen) atoms. The first-order valence-corrected chi connectivity index (χ1v) is 3.24. The van der Waals surface area contributed by atoms with Crippen molar-refractivity contribution in [2.45, 2.75) is 0 Å². The smallest absolute Gasteiger partial charge is 0.103 e. The highest BCUT2D eigenvalue weighted by Crippen LogP contribution is 2.06. The van der Waals surface area contributed by atoms with Gasteiger partial charge in [-0.3, -0.25) is 0 Å². The Morgan fingerprint density at radius 2 is 2.25 bits per heavy atom. The summed E-state index contributed by atoms with van der Waals surface area (Å²) in [6.07, 6.45) is 3.38. The van der Waals surface area contributed by atoms with Gasteiger partial charge in [-0.15, -0.1) is 12.4 Å². The van der Waals surface area contributed by atoms with Crippen molar-refractivity contribution < 1.29 is 0 Å². The van der Waals surface area contributed by atoms with E-state index >= 15 is 0 Å². The fourth-order valence-corrected chi connectivity index (χ4v) is 1.02. The summed E-state index contributed by atoms with van der Waals surface area (Å²) in [5.41, 5.74) is 1.47.